The van der Waals surface area contributed by atoms with Crippen molar-refractivity contribution in [3.05, 3.63) is 36.3 Å². The van der Waals surface area contributed by atoms with Gasteiger partial charge >= 0.3 is 0 Å². The molecule has 2 rings (SSSR count). The number of aliphatic hydroxyl groups is 1. The molecule has 0 bridgehead atoms. The summed E-state index contributed by atoms with van der Waals surface area (Å²) in [5.41, 5.74) is 0.568. The minimum atomic E-state index is -0.0138. The summed E-state index contributed by atoms with van der Waals surface area (Å²) in [6.45, 7) is 4.30. The van der Waals surface area contributed by atoms with E-state index in [4.69, 9.17) is 4.74 Å². The number of rotatable bonds is 2. The molecule has 1 N–H and O–H groups in total. The maximum Gasteiger partial charge on any atom is 0.162 e. The van der Waals surface area contributed by atoms with E-state index < -0.39 is 0 Å². The number of carbonyl (C=O) groups excluding carboxylic acids is 1. The summed E-state index contributed by atoms with van der Waals surface area (Å²) in [6, 6.07) is 0. The number of allylic oxidation sites excluding steroid dienone is 3. The minimum Gasteiger partial charge on any atom is -0.515 e. The van der Waals surface area contributed by atoms with Gasteiger partial charge in [-0.15, -0.1) is 0 Å². The fraction of sp³-hybridized carbons (Fsp3) is 0.533. The molecule has 0 saturated heterocycles. The Morgan fingerprint density at radius 3 is 2.89 bits per heavy atom. The number of hydrogen-bond donors (Lipinski definition) is 1. The molecule has 2 aliphatic rings. The molecule has 98 valence electrons. The van der Waals surface area contributed by atoms with Crippen molar-refractivity contribution in [2.45, 2.75) is 39.2 Å². The number of aliphatic hydroxyl groups excluding tert-OH is 1. The molecule has 1 heterocycles. The fourth-order valence-corrected chi connectivity index (χ4v) is 2.77. The molecule has 0 aromatic carbocycles. The van der Waals surface area contributed by atoms with Gasteiger partial charge in [0.05, 0.1) is 12.5 Å². The van der Waals surface area contributed by atoms with Crippen LogP contribution in [0.2, 0.25) is 0 Å². The third-order valence-corrected chi connectivity index (χ3v) is 4.01. The van der Waals surface area contributed by atoms with Gasteiger partial charge in [-0.25, -0.2) is 0 Å². The SMILES string of the molecule is CC1(C)CCC(=O)C(=CO)C1CC1C=CC=CO1. The van der Waals surface area contributed by atoms with Crippen molar-refractivity contribution < 1.29 is 14.6 Å². The zero-order valence-corrected chi connectivity index (χ0v) is 10.9. The van der Waals surface area contributed by atoms with Crippen LogP contribution >= 0.6 is 0 Å². The number of carbonyl (C=O) groups is 1. The van der Waals surface area contributed by atoms with Crippen LogP contribution in [0.1, 0.15) is 33.1 Å². The van der Waals surface area contributed by atoms with E-state index in [-0.39, 0.29) is 23.2 Å². The van der Waals surface area contributed by atoms with Crippen LogP contribution < -0.4 is 0 Å². The first kappa shape index (κ1) is 12.9. The Morgan fingerprint density at radius 2 is 2.28 bits per heavy atom. The van der Waals surface area contributed by atoms with Crippen molar-refractivity contribution in [3.63, 3.8) is 0 Å². The highest BCUT2D eigenvalue weighted by atomic mass is 16.5. The average molecular weight is 248 g/mol. The summed E-state index contributed by atoms with van der Waals surface area (Å²) in [6.07, 6.45) is 10.6. The molecule has 0 spiro atoms. The van der Waals surface area contributed by atoms with E-state index >= 15 is 0 Å². The highest BCUT2D eigenvalue weighted by Gasteiger charge is 2.40. The van der Waals surface area contributed by atoms with Crippen molar-refractivity contribution in [1.82, 2.24) is 0 Å². The van der Waals surface area contributed by atoms with Crippen LogP contribution in [0, 0.1) is 11.3 Å². The predicted octanol–water partition coefficient (Wildman–Crippen LogP) is 3.29. The second kappa shape index (κ2) is 5.01. The maximum atomic E-state index is 11.9. The Bertz CT molecular complexity index is 415. The first-order valence-corrected chi connectivity index (χ1v) is 6.41. The van der Waals surface area contributed by atoms with Gasteiger partial charge in [-0.1, -0.05) is 19.9 Å². The summed E-state index contributed by atoms with van der Waals surface area (Å²) in [7, 11) is 0. The van der Waals surface area contributed by atoms with E-state index in [1.165, 1.54) is 0 Å². The monoisotopic (exact) mass is 248 g/mol. The van der Waals surface area contributed by atoms with Crippen molar-refractivity contribution in [1.29, 1.82) is 0 Å². The third kappa shape index (κ3) is 2.50. The Balaban J connectivity index is 2.17. The molecule has 2 unspecified atom stereocenters. The van der Waals surface area contributed by atoms with Crippen molar-refractivity contribution >= 4 is 5.78 Å². The summed E-state index contributed by atoms with van der Waals surface area (Å²) >= 11 is 0. The lowest BCUT2D eigenvalue weighted by Crippen LogP contribution is -2.36. The zero-order chi connectivity index (χ0) is 13.2. The first-order chi connectivity index (χ1) is 8.54. The lowest BCUT2D eigenvalue weighted by atomic mass is 9.64. The van der Waals surface area contributed by atoms with Gasteiger partial charge in [0.15, 0.2) is 5.78 Å². The number of ether oxygens (including phenoxy) is 1. The standard InChI is InChI=1S/C15H20O3/c1-15(2)7-6-14(17)12(10-16)13(15)9-11-5-3-4-8-18-11/h3-5,8,10-11,13,16H,6-7,9H2,1-2H3. The Kier molecular flexibility index (Phi) is 3.60. The third-order valence-electron chi connectivity index (χ3n) is 4.01. The average Bonchev–Trinajstić information content (AvgIpc) is 2.36. The first-order valence-electron chi connectivity index (χ1n) is 6.41. The van der Waals surface area contributed by atoms with E-state index in [1.807, 2.05) is 18.2 Å². The van der Waals surface area contributed by atoms with Gasteiger partial charge in [0.25, 0.3) is 0 Å². The van der Waals surface area contributed by atoms with Gasteiger partial charge in [-0.2, -0.15) is 0 Å². The summed E-state index contributed by atoms with van der Waals surface area (Å²) in [5, 5.41) is 9.34. The molecule has 1 saturated carbocycles. The Hall–Kier alpha value is -1.51. The lowest BCUT2D eigenvalue weighted by Gasteiger charge is -2.40. The highest BCUT2D eigenvalue weighted by Crippen LogP contribution is 2.44. The second-order valence-corrected chi connectivity index (χ2v) is 5.67. The molecular formula is C15H20O3. The molecule has 3 heteroatoms. The smallest absolute Gasteiger partial charge is 0.162 e. The quantitative estimate of drug-likeness (QED) is 0.602. The van der Waals surface area contributed by atoms with Crippen LogP contribution in [0.3, 0.4) is 0 Å². The van der Waals surface area contributed by atoms with Crippen LogP contribution in [0.4, 0.5) is 0 Å². The molecule has 18 heavy (non-hydrogen) atoms. The summed E-state index contributed by atoms with van der Waals surface area (Å²) in [5.74, 6) is 0.113. The van der Waals surface area contributed by atoms with Crippen LogP contribution in [0.5, 0.6) is 0 Å². The number of hydrogen-bond acceptors (Lipinski definition) is 3. The molecule has 1 fully saturated rings. The van der Waals surface area contributed by atoms with E-state index in [0.29, 0.717) is 12.0 Å². The van der Waals surface area contributed by atoms with Gasteiger partial charge in [0, 0.05) is 12.0 Å². The van der Waals surface area contributed by atoms with Gasteiger partial charge in [0.1, 0.15) is 6.10 Å². The topological polar surface area (TPSA) is 46.5 Å². The van der Waals surface area contributed by atoms with E-state index in [9.17, 15) is 9.90 Å². The van der Waals surface area contributed by atoms with Crippen LogP contribution in [0.25, 0.3) is 0 Å². The number of Topliss-reactive ketones (excluding diaryl/α,β-unsaturated/α-hetero) is 1. The summed E-state index contributed by atoms with van der Waals surface area (Å²) < 4.78 is 5.51. The largest absolute Gasteiger partial charge is 0.515 e. The van der Waals surface area contributed by atoms with Crippen LogP contribution in [-0.2, 0) is 9.53 Å². The predicted molar refractivity (Wildman–Crippen MR) is 70.0 cm³/mol. The Labute approximate surface area is 108 Å². The van der Waals surface area contributed by atoms with Gasteiger partial charge in [-0.3, -0.25) is 4.79 Å². The molecule has 0 radical (unpaired) electrons. The summed E-state index contributed by atoms with van der Waals surface area (Å²) in [4.78, 5) is 11.9. The van der Waals surface area contributed by atoms with E-state index in [0.717, 1.165) is 19.1 Å². The Morgan fingerprint density at radius 1 is 1.50 bits per heavy atom. The molecule has 0 amide bonds. The molecule has 0 aromatic heterocycles. The van der Waals surface area contributed by atoms with E-state index in [1.54, 1.807) is 6.26 Å². The molecule has 1 aliphatic carbocycles. The second-order valence-electron chi connectivity index (χ2n) is 5.67. The molecule has 3 nitrogen and oxygen atoms in total. The van der Waals surface area contributed by atoms with Gasteiger partial charge in [0.2, 0.25) is 0 Å². The van der Waals surface area contributed by atoms with Crippen molar-refractivity contribution in [3.8, 4) is 0 Å². The number of ketones is 1. The van der Waals surface area contributed by atoms with Gasteiger partial charge in [-0.05, 0) is 36.3 Å². The highest BCUT2D eigenvalue weighted by molar-refractivity contribution is 5.96. The van der Waals surface area contributed by atoms with Crippen LogP contribution in [-0.4, -0.2) is 17.0 Å². The van der Waals surface area contributed by atoms with E-state index in [2.05, 4.69) is 13.8 Å². The zero-order valence-electron chi connectivity index (χ0n) is 10.9. The van der Waals surface area contributed by atoms with Gasteiger partial charge < -0.3 is 9.84 Å². The molecule has 2 atom stereocenters. The van der Waals surface area contributed by atoms with Crippen molar-refractivity contribution in [2.75, 3.05) is 0 Å². The normalized spacial score (nSPS) is 32.6. The molecular weight excluding hydrogens is 228 g/mol. The molecule has 0 aromatic rings. The maximum absolute atomic E-state index is 11.9. The van der Waals surface area contributed by atoms with Crippen molar-refractivity contribution in [2.24, 2.45) is 11.3 Å². The molecule has 1 aliphatic heterocycles. The lowest BCUT2D eigenvalue weighted by molar-refractivity contribution is -0.119. The fourth-order valence-electron chi connectivity index (χ4n) is 2.77. The minimum absolute atomic E-state index is 0.0138. The van der Waals surface area contributed by atoms with Crippen LogP contribution in [0.15, 0.2) is 36.3 Å².